The van der Waals surface area contributed by atoms with Crippen LogP contribution in [0, 0.1) is 13.8 Å². The van der Waals surface area contributed by atoms with E-state index in [1.807, 2.05) is 19.9 Å². The van der Waals surface area contributed by atoms with Gasteiger partial charge in [0.15, 0.2) is 0 Å². The van der Waals surface area contributed by atoms with Gasteiger partial charge in [-0.1, -0.05) is 6.07 Å². The molecule has 0 saturated heterocycles. The van der Waals surface area contributed by atoms with Gasteiger partial charge in [0.25, 0.3) is 10.0 Å². The Labute approximate surface area is 139 Å². The first-order chi connectivity index (χ1) is 10.8. The van der Waals surface area contributed by atoms with Crippen LogP contribution in [0.2, 0.25) is 0 Å². The van der Waals surface area contributed by atoms with Gasteiger partial charge in [-0.3, -0.25) is 9.52 Å². The number of fused-ring (bicyclic) bond motifs is 1. The molecule has 0 saturated carbocycles. The predicted octanol–water partition coefficient (Wildman–Crippen LogP) is 3.15. The third kappa shape index (κ3) is 3.51. The third-order valence-electron chi connectivity index (χ3n) is 3.37. The molecule has 1 aliphatic rings. The molecule has 2 N–H and O–H groups in total. The van der Waals surface area contributed by atoms with Gasteiger partial charge in [-0.2, -0.15) is 0 Å². The Kier molecular flexibility index (Phi) is 4.08. The number of rotatable bonds is 3. The van der Waals surface area contributed by atoms with E-state index in [9.17, 15) is 13.2 Å². The normalized spacial score (nSPS) is 14.1. The third-order valence-corrected chi connectivity index (χ3v) is 5.82. The average molecular weight is 348 g/mol. The molecule has 0 unspecified atom stereocenters. The van der Waals surface area contributed by atoms with Gasteiger partial charge in [0.1, 0.15) is 0 Å². The van der Waals surface area contributed by atoms with Gasteiger partial charge in [-0.25, -0.2) is 8.42 Å². The molecule has 5 nitrogen and oxygen atoms in total. The summed E-state index contributed by atoms with van der Waals surface area (Å²) in [6, 6.07) is 10.3. The number of thioether (sulfide) groups is 1. The molecule has 0 atom stereocenters. The van der Waals surface area contributed by atoms with Crippen molar-refractivity contribution in [3.63, 3.8) is 0 Å². The van der Waals surface area contributed by atoms with Gasteiger partial charge in [0.05, 0.1) is 16.3 Å². The summed E-state index contributed by atoms with van der Waals surface area (Å²) in [5.41, 5.74) is 3.03. The summed E-state index contributed by atoms with van der Waals surface area (Å²) < 4.78 is 27.7. The molecule has 1 amide bonds. The van der Waals surface area contributed by atoms with E-state index in [0.29, 0.717) is 17.1 Å². The van der Waals surface area contributed by atoms with Crippen LogP contribution in [0.15, 0.2) is 46.2 Å². The number of carbonyl (C=O) groups excluding carboxylic acids is 1. The largest absolute Gasteiger partial charge is 0.324 e. The SMILES string of the molecule is Cc1cc(C)cc(NS(=O)(=O)c2ccc3c(c2)NC(=O)CS3)c1. The molecule has 2 aromatic rings. The number of hydrogen-bond donors (Lipinski definition) is 2. The number of sulfonamides is 1. The predicted molar refractivity (Wildman–Crippen MR) is 92.5 cm³/mol. The molecule has 23 heavy (non-hydrogen) atoms. The summed E-state index contributed by atoms with van der Waals surface area (Å²) in [5.74, 6) is 0.222. The Bertz CT molecular complexity index is 872. The first-order valence-electron chi connectivity index (χ1n) is 7.01. The van der Waals surface area contributed by atoms with Crippen molar-refractivity contribution in [2.75, 3.05) is 15.8 Å². The summed E-state index contributed by atoms with van der Waals surface area (Å²) in [5, 5.41) is 2.70. The Morgan fingerprint density at radius 1 is 1.09 bits per heavy atom. The molecular formula is C16H16N2O3S2. The minimum absolute atomic E-state index is 0.123. The fourth-order valence-electron chi connectivity index (χ4n) is 2.48. The van der Waals surface area contributed by atoms with Crippen LogP contribution >= 0.6 is 11.8 Å². The highest BCUT2D eigenvalue weighted by Gasteiger charge is 2.20. The Morgan fingerprint density at radius 3 is 2.48 bits per heavy atom. The van der Waals surface area contributed by atoms with Crippen LogP contribution in [-0.2, 0) is 14.8 Å². The minimum Gasteiger partial charge on any atom is -0.324 e. The molecule has 1 heterocycles. The molecule has 0 spiro atoms. The number of hydrogen-bond acceptors (Lipinski definition) is 4. The topological polar surface area (TPSA) is 75.3 Å². The van der Waals surface area contributed by atoms with E-state index in [1.165, 1.54) is 17.8 Å². The Hall–Kier alpha value is -1.99. The smallest absolute Gasteiger partial charge is 0.261 e. The van der Waals surface area contributed by atoms with Crippen molar-refractivity contribution >= 4 is 39.1 Å². The number of aryl methyl sites for hydroxylation is 2. The summed E-state index contributed by atoms with van der Waals surface area (Å²) >= 11 is 1.40. The molecule has 3 rings (SSSR count). The van der Waals surface area contributed by atoms with Gasteiger partial charge < -0.3 is 5.32 Å². The summed E-state index contributed by atoms with van der Waals surface area (Å²) in [6.45, 7) is 3.83. The average Bonchev–Trinajstić information content (AvgIpc) is 2.44. The lowest BCUT2D eigenvalue weighted by atomic mass is 10.1. The number of benzene rings is 2. The molecule has 7 heteroatoms. The maximum absolute atomic E-state index is 12.6. The molecular weight excluding hydrogens is 332 g/mol. The van der Waals surface area contributed by atoms with Crippen molar-refractivity contribution in [1.29, 1.82) is 0 Å². The summed E-state index contributed by atoms with van der Waals surface area (Å²) in [6.07, 6.45) is 0. The van der Waals surface area contributed by atoms with Crippen molar-refractivity contribution in [3.8, 4) is 0 Å². The fraction of sp³-hybridized carbons (Fsp3) is 0.188. The number of nitrogens with one attached hydrogen (secondary N) is 2. The van der Waals surface area contributed by atoms with Crippen LogP contribution < -0.4 is 10.0 Å². The molecule has 0 radical (unpaired) electrons. The quantitative estimate of drug-likeness (QED) is 0.893. The highest BCUT2D eigenvalue weighted by molar-refractivity contribution is 8.00. The van der Waals surface area contributed by atoms with Crippen molar-refractivity contribution in [1.82, 2.24) is 0 Å². The summed E-state index contributed by atoms with van der Waals surface area (Å²) in [7, 11) is -3.71. The maximum Gasteiger partial charge on any atom is 0.261 e. The van der Waals surface area contributed by atoms with Crippen LogP contribution in [0.4, 0.5) is 11.4 Å². The molecule has 0 aromatic heterocycles. The fourth-order valence-corrected chi connectivity index (χ4v) is 4.33. The van der Waals surface area contributed by atoms with Crippen molar-refractivity contribution in [3.05, 3.63) is 47.5 Å². The van der Waals surface area contributed by atoms with Gasteiger partial charge in [-0.15, -0.1) is 11.8 Å². The first kappa shape index (κ1) is 15.9. The monoisotopic (exact) mass is 348 g/mol. The van der Waals surface area contributed by atoms with E-state index in [1.54, 1.807) is 24.3 Å². The molecule has 0 bridgehead atoms. The van der Waals surface area contributed by atoms with Gasteiger partial charge in [0.2, 0.25) is 5.91 Å². The van der Waals surface area contributed by atoms with Crippen LogP contribution in [-0.4, -0.2) is 20.1 Å². The zero-order valence-corrected chi connectivity index (χ0v) is 14.3. The van der Waals surface area contributed by atoms with Crippen LogP contribution in [0.5, 0.6) is 0 Å². The van der Waals surface area contributed by atoms with E-state index in [0.717, 1.165) is 16.0 Å². The minimum atomic E-state index is -3.71. The second-order valence-corrected chi connectivity index (χ2v) is 8.18. The molecule has 0 fully saturated rings. The highest BCUT2D eigenvalue weighted by atomic mass is 32.2. The second kappa shape index (κ2) is 5.90. The van der Waals surface area contributed by atoms with E-state index in [2.05, 4.69) is 10.0 Å². The van der Waals surface area contributed by atoms with Gasteiger partial charge in [0, 0.05) is 10.6 Å². The Morgan fingerprint density at radius 2 is 1.78 bits per heavy atom. The van der Waals surface area contributed by atoms with Crippen LogP contribution in [0.1, 0.15) is 11.1 Å². The Balaban J connectivity index is 1.93. The highest BCUT2D eigenvalue weighted by Crippen LogP contribution is 2.33. The first-order valence-corrected chi connectivity index (χ1v) is 9.48. The number of carbonyl (C=O) groups is 1. The van der Waals surface area contributed by atoms with E-state index in [4.69, 9.17) is 0 Å². The van der Waals surface area contributed by atoms with Crippen molar-refractivity contribution < 1.29 is 13.2 Å². The zero-order valence-electron chi connectivity index (χ0n) is 12.7. The molecule has 120 valence electrons. The van der Waals surface area contributed by atoms with E-state index < -0.39 is 10.0 Å². The second-order valence-electron chi connectivity index (χ2n) is 5.48. The number of amides is 1. The lowest BCUT2D eigenvalue weighted by molar-refractivity contribution is -0.113. The lowest BCUT2D eigenvalue weighted by Gasteiger charge is -2.17. The van der Waals surface area contributed by atoms with E-state index in [-0.39, 0.29) is 10.8 Å². The zero-order chi connectivity index (χ0) is 16.6. The van der Waals surface area contributed by atoms with Crippen molar-refractivity contribution in [2.45, 2.75) is 23.6 Å². The maximum atomic E-state index is 12.6. The van der Waals surface area contributed by atoms with Gasteiger partial charge in [-0.05, 0) is 55.3 Å². The molecule has 1 aliphatic heterocycles. The molecule has 2 aromatic carbocycles. The van der Waals surface area contributed by atoms with Gasteiger partial charge >= 0.3 is 0 Å². The standard InChI is InChI=1S/C16H16N2O3S2/c1-10-5-11(2)7-12(6-10)18-23(20,21)13-3-4-15-14(8-13)17-16(19)9-22-15/h3-8,18H,9H2,1-2H3,(H,17,19). The molecule has 0 aliphatic carbocycles. The van der Waals surface area contributed by atoms with Crippen LogP contribution in [0.3, 0.4) is 0 Å². The van der Waals surface area contributed by atoms with Crippen LogP contribution in [0.25, 0.3) is 0 Å². The van der Waals surface area contributed by atoms with Crippen molar-refractivity contribution in [2.24, 2.45) is 0 Å². The lowest BCUT2D eigenvalue weighted by Crippen LogP contribution is -2.20. The number of anilines is 2. The van der Waals surface area contributed by atoms with E-state index >= 15 is 0 Å². The summed E-state index contributed by atoms with van der Waals surface area (Å²) in [4.78, 5) is 12.4.